The summed E-state index contributed by atoms with van der Waals surface area (Å²) in [5.74, 6) is -3.80. The number of carboxylic acid groups (broad SMARTS) is 2. The first kappa shape index (κ1) is 11.8. The van der Waals surface area contributed by atoms with Gasteiger partial charge in [0.25, 0.3) is 0 Å². The molecule has 6 heteroatoms. The average Bonchev–Trinajstić information content (AvgIpc) is 2.11. The third-order valence-corrected chi connectivity index (χ3v) is 1.06. The number of aromatic hydroxyl groups is 2. The maximum absolute atomic E-state index is 9.10. The molecule has 0 aromatic heterocycles. The van der Waals surface area contributed by atoms with Gasteiger partial charge in [0.05, 0.1) is 0 Å². The van der Waals surface area contributed by atoms with Gasteiger partial charge < -0.3 is 20.4 Å². The molecule has 1 aromatic rings. The number of aliphatic carboxylic acids is 2. The third-order valence-electron chi connectivity index (χ3n) is 1.06. The molecule has 0 amide bonds. The summed E-state index contributed by atoms with van der Waals surface area (Å²) in [6, 6.07) is 6.15. The Labute approximate surface area is 78.7 Å². The molecule has 76 valence electrons. The van der Waals surface area contributed by atoms with Gasteiger partial charge in [-0.3, -0.25) is 0 Å². The standard InChI is InChI=1S/C6H6O2.C2H2O4/c7-5-3-1-2-4-6(5)8;3-1(4)2(5)6/h1-4,7-8H;(H,3,4)(H,5,6). The second-order valence-corrected chi connectivity index (χ2v) is 2.10. The summed E-state index contributed by atoms with van der Waals surface area (Å²) in [6.07, 6.45) is 0. The van der Waals surface area contributed by atoms with Crippen molar-refractivity contribution < 1.29 is 30.0 Å². The molecule has 0 aliphatic carbocycles. The summed E-state index contributed by atoms with van der Waals surface area (Å²) in [5, 5.41) is 32.1. The van der Waals surface area contributed by atoms with Gasteiger partial charge in [0.2, 0.25) is 0 Å². The van der Waals surface area contributed by atoms with Gasteiger partial charge in [0.1, 0.15) is 0 Å². The fraction of sp³-hybridized carbons (Fsp3) is 0. The van der Waals surface area contributed by atoms with Crippen molar-refractivity contribution in [2.24, 2.45) is 0 Å². The Balaban J connectivity index is 0.000000255. The van der Waals surface area contributed by atoms with Crippen LogP contribution in [0.15, 0.2) is 24.3 Å². The van der Waals surface area contributed by atoms with Crippen molar-refractivity contribution in [1.29, 1.82) is 0 Å². The minimum absolute atomic E-state index is 0.0764. The highest BCUT2D eigenvalue weighted by Gasteiger charge is 2.04. The number of hydrogen-bond donors (Lipinski definition) is 4. The molecule has 0 radical (unpaired) electrons. The second kappa shape index (κ2) is 5.41. The van der Waals surface area contributed by atoms with E-state index >= 15 is 0 Å². The molecule has 1 aromatic carbocycles. The first-order valence-corrected chi connectivity index (χ1v) is 3.38. The van der Waals surface area contributed by atoms with Crippen LogP contribution in [0.1, 0.15) is 0 Å². The van der Waals surface area contributed by atoms with E-state index in [1.54, 1.807) is 12.1 Å². The molecule has 0 heterocycles. The fourth-order valence-electron chi connectivity index (χ4n) is 0.464. The highest BCUT2D eigenvalue weighted by atomic mass is 16.4. The number of para-hydroxylation sites is 2. The molecule has 1 rings (SSSR count). The van der Waals surface area contributed by atoms with Crippen molar-refractivity contribution in [1.82, 2.24) is 0 Å². The summed E-state index contributed by atoms with van der Waals surface area (Å²) < 4.78 is 0. The van der Waals surface area contributed by atoms with E-state index in [1.807, 2.05) is 0 Å². The van der Waals surface area contributed by atoms with E-state index in [0.717, 1.165) is 0 Å². The molecule has 0 saturated carbocycles. The lowest BCUT2D eigenvalue weighted by atomic mass is 10.3. The van der Waals surface area contributed by atoms with Crippen LogP contribution in [0.5, 0.6) is 11.5 Å². The van der Waals surface area contributed by atoms with E-state index in [0.29, 0.717) is 0 Å². The smallest absolute Gasteiger partial charge is 0.414 e. The molecule has 0 aliphatic rings. The highest BCUT2D eigenvalue weighted by Crippen LogP contribution is 2.21. The summed E-state index contributed by atoms with van der Waals surface area (Å²) in [7, 11) is 0. The minimum atomic E-state index is -1.82. The molecule has 0 spiro atoms. The highest BCUT2D eigenvalue weighted by molar-refractivity contribution is 6.27. The number of phenolic OH excluding ortho intramolecular Hbond substituents is 2. The predicted molar refractivity (Wildman–Crippen MR) is 45.0 cm³/mol. The van der Waals surface area contributed by atoms with Crippen LogP contribution in [-0.4, -0.2) is 32.4 Å². The zero-order chi connectivity index (χ0) is 11.1. The van der Waals surface area contributed by atoms with E-state index < -0.39 is 11.9 Å². The Morgan fingerprint density at radius 2 is 1.14 bits per heavy atom. The van der Waals surface area contributed by atoms with Crippen LogP contribution in [0.25, 0.3) is 0 Å². The Kier molecular flexibility index (Phi) is 4.55. The Morgan fingerprint density at radius 1 is 0.857 bits per heavy atom. The van der Waals surface area contributed by atoms with Gasteiger partial charge in [-0.05, 0) is 12.1 Å². The van der Waals surface area contributed by atoms with Crippen molar-refractivity contribution in [2.75, 3.05) is 0 Å². The number of hydrogen-bond acceptors (Lipinski definition) is 4. The summed E-state index contributed by atoms with van der Waals surface area (Å²) in [4.78, 5) is 18.2. The lowest BCUT2D eigenvalue weighted by Gasteiger charge is -1.91. The molecule has 0 atom stereocenters. The number of phenols is 2. The van der Waals surface area contributed by atoms with Crippen LogP contribution < -0.4 is 0 Å². The predicted octanol–water partition coefficient (Wildman–Crippen LogP) is 0.253. The molecular formula is C8H8O6. The molecule has 14 heavy (non-hydrogen) atoms. The number of benzene rings is 1. The van der Waals surface area contributed by atoms with Gasteiger partial charge in [-0.2, -0.15) is 0 Å². The number of rotatable bonds is 0. The molecule has 0 unspecified atom stereocenters. The van der Waals surface area contributed by atoms with Crippen molar-refractivity contribution >= 4 is 11.9 Å². The Bertz CT molecular complexity index is 299. The summed E-state index contributed by atoms with van der Waals surface area (Å²) in [5.41, 5.74) is 0. The monoisotopic (exact) mass is 200 g/mol. The Hall–Kier alpha value is -2.24. The van der Waals surface area contributed by atoms with Gasteiger partial charge in [-0.15, -0.1) is 0 Å². The van der Waals surface area contributed by atoms with Crippen LogP contribution in [0, 0.1) is 0 Å². The average molecular weight is 200 g/mol. The van der Waals surface area contributed by atoms with Crippen LogP contribution in [0.4, 0.5) is 0 Å². The summed E-state index contributed by atoms with van der Waals surface area (Å²) in [6.45, 7) is 0. The lowest BCUT2D eigenvalue weighted by molar-refractivity contribution is -0.159. The van der Waals surface area contributed by atoms with E-state index in [4.69, 9.17) is 30.0 Å². The zero-order valence-electron chi connectivity index (χ0n) is 6.91. The van der Waals surface area contributed by atoms with Gasteiger partial charge in [-0.1, -0.05) is 12.1 Å². The molecule has 0 bridgehead atoms. The lowest BCUT2D eigenvalue weighted by Crippen LogP contribution is -2.09. The number of carboxylic acids is 2. The maximum atomic E-state index is 9.10. The van der Waals surface area contributed by atoms with Crippen LogP contribution >= 0.6 is 0 Å². The van der Waals surface area contributed by atoms with Gasteiger partial charge in [0, 0.05) is 0 Å². The molecule has 6 nitrogen and oxygen atoms in total. The quantitative estimate of drug-likeness (QED) is 0.352. The Morgan fingerprint density at radius 3 is 1.29 bits per heavy atom. The van der Waals surface area contributed by atoms with Crippen molar-refractivity contribution in [3.8, 4) is 11.5 Å². The van der Waals surface area contributed by atoms with Crippen LogP contribution in [-0.2, 0) is 9.59 Å². The number of carbonyl (C=O) groups is 2. The third kappa shape index (κ3) is 4.60. The molecule has 4 N–H and O–H groups in total. The van der Waals surface area contributed by atoms with Crippen molar-refractivity contribution in [2.45, 2.75) is 0 Å². The molecule has 0 fully saturated rings. The molecule has 0 aliphatic heterocycles. The van der Waals surface area contributed by atoms with E-state index in [-0.39, 0.29) is 11.5 Å². The SMILES string of the molecule is O=C(O)C(=O)O.Oc1ccccc1O. The first-order valence-electron chi connectivity index (χ1n) is 3.38. The largest absolute Gasteiger partial charge is 0.504 e. The molecule has 0 saturated heterocycles. The van der Waals surface area contributed by atoms with Gasteiger partial charge >= 0.3 is 11.9 Å². The zero-order valence-corrected chi connectivity index (χ0v) is 6.91. The minimum Gasteiger partial charge on any atom is -0.504 e. The summed E-state index contributed by atoms with van der Waals surface area (Å²) >= 11 is 0. The van der Waals surface area contributed by atoms with Gasteiger partial charge in [0.15, 0.2) is 11.5 Å². The van der Waals surface area contributed by atoms with Crippen LogP contribution in [0.3, 0.4) is 0 Å². The first-order chi connectivity index (χ1) is 6.45. The van der Waals surface area contributed by atoms with Crippen molar-refractivity contribution in [3.63, 3.8) is 0 Å². The normalized spacial score (nSPS) is 8.29. The maximum Gasteiger partial charge on any atom is 0.414 e. The second-order valence-electron chi connectivity index (χ2n) is 2.10. The van der Waals surface area contributed by atoms with Gasteiger partial charge in [-0.25, -0.2) is 9.59 Å². The van der Waals surface area contributed by atoms with Crippen LogP contribution in [0.2, 0.25) is 0 Å². The van der Waals surface area contributed by atoms with E-state index in [1.165, 1.54) is 12.1 Å². The molecular weight excluding hydrogens is 192 g/mol. The van der Waals surface area contributed by atoms with E-state index in [2.05, 4.69) is 0 Å². The topological polar surface area (TPSA) is 115 Å². The van der Waals surface area contributed by atoms with E-state index in [9.17, 15) is 0 Å². The van der Waals surface area contributed by atoms with Crippen molar-refractivity contribution in [3.05, 3.63) is 24.3 Å². The fourth-order valence-corrected chi connectivity index (χ4v) is 0.464.